The van der Waals surface area contributed by atoms with Crippen LogP contribution in [0.3, 0.4) is 0 Å². The van der Waals surface area contributed by atoms with Crippen LogP contribution in [0, 0.1) is 11.8 Å². The van der Waals surface area contributed by atoms with Crippen molar-refractivity contribution in [2.75, 3.05) is 0 Å². The zero-order valence-electron chi connectivity index (χ0n) is 16.1. The van der Waals surface area contributed by atoms with Crippen molar-refractivity contribution in [3.05, 3.63) is 35.6 Å². The minimum Gasteiger partial charge on any atom is -0.405 e. The van der Waals surface area contributed by atoms with E-state index in [4.69, 9.17) is 9.26 Å². The molecule has 1 aromatic heterocycles. The second kappa shape index (κ2) is 7.35. The third-order valence-electron chi connectivity index (χ3n) is 6.44. The largest absolute Gasteiger partial charge is 0.573 e. The summed E-state index contributed by atoms with van der Waals surface area (Å²) in [6, 6.07) is 6.08. The van der Waals surface area contributed by atoms with E-state index in [0.29, 0.717) is 12.3 Å². The van der Waals surface area contributed by atoms with Crippen LogP contribution in [0.25, 0.3) is 11.3 Å². The maximum atomic E-state index is 12.9. The molecule has 1 aromatic carbocycles. The molecule has 5 rings (SSSR count). The fourth-order valence-electron chi connectivity index (χ4n) is 5.00. The van der Waals surface area contributed by atoms with Gasteiger partial charge < -0.3 is 14.0 Å². The average molecular weight is 407 g/mol. The molecule has 0 spiro atoms. The molecule has 3 saturated carbocycles. The maximum absolute atomic E-state index is 12.9. The molecule has 1 unspecified atom stereocenters. The zero-order chi connectivity index (χ0) is 20.0. The lowest BCUT2D eigenvalue weighted by molar-refractivity contribution is -0.274. The zero-order valence-corrected chi connectivity index (χ0v) is 16.1. The summed E-state index contributed by atoms with van der Waals surface area (Å²) in [5.74, 6) is 2.27. The van der Waals surface area contributed by atoms with E-state index in [1.807, 2.05) is 0 Å². The van der Waals surface area contributed by atoms with Crippen LogP contribution in [0.2, 0.25) is 0 Å². The standard InChI is InChI=1S/C22H24F3NO3/c23-22(24,25)28-19-4-2-1-3-17(19)20-18(21(29-26-20)15-7-8-15)12-27-16-10-13-5-6-14(9-13)11-16/h1-4,13-16H,5-12H2/t13-,14+,16?. The van der Waals surface area contributed by atoms with Crippen molar-refractivity contribution in [3.8, 4) is 17.0 Å². The molecule has 156 valence electrons. The predicted molar refractivity (Wildman–Crippen MR) is 99.2 cm³/mol. The Morgan fingerprint density at radius 2 is 1.72 bits per heavy atom. The number of aromatic nitrogens is 1. The molecular weight excluding hydrogens is 383 g/mol. The topological polar surface area (TPSA) is 44.5 Å². The third kappa shape index (κ3) is 4.15. The summed E-state index contributed by atoms with van der Waals surface area (Å²) >= 11 is 0. The number of nitrogens with zero attached hydrogens (tertiary/aromatic N) is 1. The predicted octanol–water partition coefficient (Wildman–Crippen LogP) is 6.21. The first kappa shape index (κ1) is 19.0. The Bertz CT molecular complexity index is 862. The molecule has 0 radical (unpaired) electrons. The molecule has 1 heterocycles. The highest BCUT2D eigenvalue weighted by Gasteiger charge is 2.37. The van der Waals surface area contributed by atoms with Crippen LogP contribution >= 0.6 is 0 Å². The molecule has 3 fully saturated rings. The van der Waals surface area contributed by atoms with Crippen molar-refractivity contribution in [2.45, 2.75) is 69.9 Å². The summed E-state index contributed by atoms with van der Waals surface area (Å²) in [7, 11) is 0. The van der Waals surface area contributed by atoms with Gasteiger partial charge in [-0.25, -0.2) is 0 Å². The van der Waals surface area contributed by atoms with Crippen molar-refractivity contribution < 1.29 is 27.2 Å². The van der Waals surface area contributed by atoms with Crippen molar-refractivity contribution >= 4 is 0 Å². The van der Waals surface area contributed by atoms with Crippen LogP contribution in [-0.2, 0) is 11.3 Å². The molecular formula is C22H24F3NO3. The summed E-state index contributed by atoms with van der Waals surface area (Å²) in [5.41, 5.74) is 1.44. The number of hydrogen-bond acceptors (Lipinski definition) is 4. The fourth-order valence-corrected chi connectivity index (χ4v) is 5.00. The Labute approximate surface area is 167 Å². The van der Waals surface area contributed by atoms with Crippen molar-refractivity contribution in [1.29, 1.82) is 0 Å². The van der Waals surface area contributed by atoms with Crippen LogP contribution in [-0.4, -0.2) is 17.6 Å². The van der Waals surface area contributed by atoms with Crippen molar-refractivity contribution in [2.24, 2.45) is 11.8 Å². The van der Waals surface area contributed by atoms with Gasteiger partial charge in [0.2, 0.25) is 0 Å². The minimum atomic E-state index is -4.77. The van der Waals surface area contributed by atoms with Gasteiger partial charge in [-0.3, -0.25) is 0 Å². The van der Waals surface area contributed by atoms with Crippen LogP contribution in [0.4, 0.5) is 13.2 Å². The number of hydrogen-bond donors (Lipinski definition) is 0. The van der Waals surface area contributed by atoms with E-state index >= 15 is 0 Å². The Kier molecular flexibility index (Phi) is 4.81. The van der Waals surface area contributed by atoms with Gasteiger partial charge in [-0.2, -0.15) is 0 Å². The van der Waals surface area contributed by atoms with Gasteiger partial charge >= 0.3 is 6.36 Å². The highest BCUT2D eigenvalue weighted by Crippen LogP contribution is 2.47. The second-order valence-electron chi connectivity index (χ2n) is 8.64. The molecule has 29 heavy (non-hydrogen) atoms. The second-order valence-corrected chi connectivity index (χ2v) is 8.64. The summed E-state index contributed by atoms with van der Waals surface area (Å²) in [6.45, 7) is 0.315. The van der Waals surface area contributed by atoms with Gasteiger partial charge in [0.15, 0.2) is 0 Å². The third-order valence-corrected chi connectivity index (χ3v) is 6.44. The summed E-state index contributed by atoms with van der Waals surface area (Å²) < 4.78 is 54.7. The average Bonchev–Trinajstić information content (AvgIpc) is 3.35. The summed E-state index contributed by atoms with van der Waals surface area (Å²) in [6.07, 6.45) is 3.50. The molecule has 3 atom stereocenters. The van der Waals surface area contributed by atoms with E-state index in [1.54, 1.807) is 12.1 Å². The van der Waals surface area contributed by atoms with Crippen LogP contribution < -0.4 is 4.74 Å². The van der Waals surface area contributed by atoms with E-state index in [0.717, 1.165) is 48.8 Å². The van der Waals surface area contributed by atoms with Gasteiger partial charge in [0.25, 0.3) is 0 Å². The quantitative estimate of drug-likeness (QED) is 0.571. The lowest BCUT2D eigenvalue weighted by Crippen LogP contribution is -2.23. The van der Waals surface area contributed by atoms with E-state index in [2.05, 4.69) is 9.89 Å². The molecule has 0 saturated heterocycles. The number of alkyl halides is 3. The normalized spacial score (nSPS) is 26.7. The number of benzene rings is 1. The Balaban J connectivity index is 1.41. The van der Waals surface area contributed by atoms with Gasteiger partial charge in [0.05, 0.1) is 12.7 Å². The van der Waals surface area contributed by atoms with Crippen molar-refractivity contribution in [3.63, 3.8) is 0 Å². The first-order valence-electron chi connectivity index (χ1n) is 10.4. The smallest absolute Gasteiger partial charge is 0.405 e. The molecule has 0 aliphatic heterocycles. The minimum absolute atomic E-state index is 0.206. The van der Waals surface area contributed by atoms with Gasteiger partial charge in [-0.1, -0.05) is 30.1 Å². The highest BCUT2D eigenvalue weighted by molar-refractivity contribution is 5.70. The highest BCUT2D eigenvalue weighted by atomic mass is 19.4. The molecule has 0 N–H and O–H groups in total. The Morgan fingerprint density at radius 1 is 1.00 bits per heavy atom. The molecule has 3 aliphatic rings. The van der Waals surface area contributed by atoms with Crippen molar-refractivity contribution in [1.82, 2.24) is 5.16 Å². The van der Waals surface area contributed by atoms with E-state index < -0.39 is 6.36 Å². The molecule has 7 heteroatoms. The number of fused-ring (bicyclic) bond motifs is 2. The van der Waals surface area contributed by atoms with Crippen LogP contribution in [0.15, 0.2) is 28.8 Å². The maximum Gasteiger partial charge on any atom is 0.573 e. The number of para-hydroxylation sites is 1. The molecule has 0 amide bonds. The van der Waals surface area contributed by atoms with Gasteiger partial charge in [0.1, 0.15) is 17.2 Å². The lowest BCUT2D eigenvalue weighted by Gasteiger charge is -2.27. The Hall–Kier alpha value is -2.02. The molecule has 2 bridgehead atoms. The van der Waals surface area contributed by atoms with E-state index in [-0.39, 0.29) is 23.3 Å². The summed E-state index contributed by atoms with van der Waals surface area (Å²) in [4.78, 5) is 0. The first-order valence-corrected chi connectivity index (χ1v) is 10.4. The number of ether oxygens (including phenoxy) is 2. The molecule has 4 nitrogen and oxygen atoms in total. The monoisotopic (exact) mass is 407 g/mol. The molecule has 3 aliphatic carbocycles. The van der Waals surface area contributed by atoms with Crippen LogP contribution in [0.1, 0.15) is 62.2 Å². The lowest BCUT2D eigenvalue weighted by atomic mass is 9.87. The van der Waals surface area contributed by atoms with Gasteiger partial charge in [0, 0.05) is 17.0 Å². The Morgan fingerprint density at radius 3 is 2.41 bits per heavy atom. The fraction of sp³-hybridized carbons (Fsp3) is 0.591. The molecule has 2 aromatic rings. The number of rotatable bonds is 6. The van der Waals surface area contributed by atoms with E-state index in [9.17, 15) is 13.2 Å². The van der Waals surface area contributed by atoms with Gasteiger partial charge in [-0.05, 0) is 56.1 Å². The number of halogens is 3. The first-order chi connectivity index (χ1) is 14.0. The van der Waals surface area contributed by atoms with Crippen LogP contribution in [0.5, 0.6) is 5.75 Å². The van der Waals surface area contributed by atoms with E-state index in [1.165, 1.54) is 31.4 Å². The summed E-state index contributed by atoms with van der Waals surface area (Å²) in [5, 5.41) is 4.14. The SMILES string of the molecule is FC(F)(F)Oc1ccccc1-c1noc(C2CC2)c1COC1C[C@H]2CC[C@@H](C1)C2. The van der Waals surface area contributed by atoms with Gasteiger partial charge in [-0.15, -0.1) is 13.2 Å².